The van der Waals surface area contributed by atoms with Crippen molar-refractivity contribution in [2.75, 3.05) is 13.1 Å². The van der Waals surface area contributed by atoms with Crippen LogP contribution in [0.15, 0.2) is 23.0 Å². The van der Waals surface area contributed by atoms with E-state index in [0.717, 1.165) is 24.1 Å². The highest BCUT2D eigenvalue weighted by atomic mass is 35.5. The molecule has 0 atom stereocenters. The molecule has 3 rings (SSSR count). The third-order valence-corrected chi connectivity index (χ3v) is 3.04. The van der Waals surface area contributed by atoms with Crippen LogP contribution in [0.1, 0.15) is 6.04 Å². The number of benzene rings is 1. The van der Waals surface area contributed by atoms with Crippen molar-refractivity contribution in [2.45, 2.75) is 6.04 Å². The van der Waals surface area contributed by atoms with Crippen molar-refractivity contribution in [3.63, 3.8) is 0 Å². The molecule has 1 aromatic heterocycles. The maximum absolute atomic E-state index is 11.7. The number of hydrogen-bond acceptors (Lipinski definition) is 2. The number of nitrogens with zero attached hydrogens (tertiary/aromatic N) is 1. The zero-order chi connectivity index (χ0) is 10.4. The molecule has 4 nitrogen and oxygen atoms in total. The van der Waals surface area contributed by atoms with Gasteiger partial charge in [-0.25, -0.2) is 4.79 Å². The lowest BCUT2D eigenvalue weighted by Crippen LogP contribution is -2.46. The van der Waals surface area contributed by atoms with Crippen LogP contribution in [0.3, 0.4) is 0 Å². The molecule has 78 valence electrons. The van der Waals surface area contributed by atoms with E-state index < -0.39 is 0 Å². The molecule has 0 amide bonds. The summed E-state index contributed by atoms with van der Waals surface area (Å²) in [6.07, 6.45) is 0. The fourth-order valence-corrected chi connectivity index (χ4v) is 2.08. The van der Waals surface area contributed by atoms with Gasteiger partial charge in [-0.05, 0) is 18.2 Å². The topological polar surface area (TPSA) is 49.8 Å². The highest BCUT2D eigenvalue weighted by molar-refractivity contribution is 6.31. The first-order valence-corrected chi connectivity index (χ1v) is 5.24. The summed E-state index contributed by atoms with van der Waals surface area (Å²) in [6, 6.07) is 5.70. The van der Waals surface area contributed by atoms with Crippen molar-refractivity contribution in [2.24, 2.45) is 0 Å². The summed E-state index contributed by atoms with van der Waals surface area (Å²) in [5.74, 6) is 0. The Balaban J connectivity index is 2.29. The number of halogens is 1. The molecule has 0 aliphatic carbocycles. The highest BCUT2D eigenvalue weighted by Crippen LogP contribution is 2.20. The summed E-state index contributed by atoms with van der Waals surface area (Å²) in [7, 11) is 0. The Labute approximate surface area is 90.9 Å². The molecule has 2 heterocycles. The maximum atomic E-state index is 11.7. The SMILES string of the molecule is O=c1[nH]c2ccc(Cl)cc2n1C1CNC1. The molecule has 1 aromatic carbocycles. The molecule has 0 saturated carbocycles. The Morgan fingerprint density at radius 1 is 1.40 bits per heavy atom. The first kappa shape index (κ1) is 9.00. The second-order valence-electron chi connectivity index (χ2n) is 3.77. The molecule has 1 aliphatic heterocycles. The quantitative estimate of drug-likeness (QED) is 0.762. The van der Waals surface area contributed by atoms with Crippen LogP contribution in [0.2, 0.25) is 5.02 Å². The second kappa shape index (κ2) is 3.12. The van der Waals surface area contributed by atoms with Gasteiger partial charge in [0.25, 0.3) is 0 Å². The van der Waals surface area contributed by atoms with Gasteiger partial charge in [-0.1, -0.05) is 11.6 Å². The van der Waals surface area contributed by atoms with Crippen molar-refractivity contribution < 1.29 is 0 Å². The molecule has 0 unspecified atom stereocenters. The molecule has 0 spiro atoms. The minimum Gasteiger partial charge on any atom is -0.313 e. The van der Waals surface area contributed by atoms with Crippen LogP contribution in [-0.4, -0.2) is 22.6 Å². The second-order valence-corrected chi connectivity index (χ2v) is 4.21. The number of nitrogens with one attached hydrogen (secondary N) is 2. The van der Waals surface area contributed by atoms with Crippen molar-refractivity contribution in [3.05, 3.63) is 33.7 Å². The predicted octanol–water partition coefficient (Wildman–Crippen LogP) is 1.13. The zero-order valence-corrected chi connectivity index (χ0v) is 8.71. The minimum absolute atomic E-state index is 0.0567. The fourth-order valence-electron chi connectivity index (χ4n) is 1.91. The van der Waals surface area contributed by atoms with Gasteiger partial charge in [0.05, 0.1) is 17.1 Å². The van der Waals surface area contributed by atoms with Crippen molar-refractivity contribution in [1.29, 1.82) is 0 Å². The summed E-state index contributed by atoms with van der Waals surface area (Å²) < 4.78 is 1.78. The Bertz CT molecular complexity index is 568. The third kappa shape index (κ3) is 1.29. The van der Waals surface area contributed by atoms with Gasteiger partial charge in [-0.2, -0.15) is 0 Å². The molecule has 2 aromatic rings. The van der Waals surface area contributed by atoms with E-state index in [9.17, 15) is 4.79 Å². The van der Waals surface area contributed by atoms with E-state index in [1.54, 1.807) is 10.6 Å². The Morgan fingerprint density at radius 3 is 2.87 bits per heavy atom. The smallest absolute Gasteiger partial charge is 0.313 e. The molecule has 2 N–H and O–H groups in total. The summed E-state index contributed by atoms with van der Waals surface area (Å²) >= 11 is 5.92. The number of imidazole rings is 1. The van der Waals surface area contributed by atoms with Gasteiger partial charge in [0.2, 0.25) is 0 Å². The van der Waals surface area contributed by atoms with E-state index in [2.05, 4.69) is 10.3 Å². The van der Waals surface area contributed by atoms with E-state index >= 15 is 0 Å². The summed E-state index contributed by atoms with van der Waals surface area (Å²) in [5.41, 5.74) is 1.68. The number of hydrogen-bond donors (Lipinski definition) is 2. The largest absolute Gasteiger partial charge is 0.326 e. The van der Waals surface area contributed by atoms with Gasteiger partial charge in [0.15, 0.2) is 0 Å². The fraction of sp³-hybridized carbons (Fsp3) is 0.300. The first-order valence-electron chi connectivity index (χ1n) is 4.86. The monoisotopic (exact) mass is 223 g/mol. The molecule has 0 bridgehead atoms. The number of fused-ring (bicyclic) bond motifs is 1. The molecular weight excluding hydrogens is 214 g/mol. The Morgan fingerprint density at radius 2 is 2.20 bits per heavy atom. The lowest BCUT2D eigenvalue weighted by Gasteiger charge is -2.28. The zero-order valence-electron chi connectivity index (χ0n) is 7.96. The van der Waals surface area contributed by atoms with Crippen LogP contribution >= 0.6 is 11.6 Å². The molecule has 0 radical (unpaired) electrons. The number of rotatable bonds is 1. The van der Waals surface area contributed by atoms with Gasteiger partial charge < -0.3 is 10.3 Å². The van der Waals surface area contributed by atoms with Crippen LogP contribution < -0.4 is 11.0 Å². The summed E-state index contributed by atoms with van der Waals surface area (Å²) in [6.45, 7) is 1.69. The van der Waals surface area contributed by atoms with Crippen LogP contribution in [-0.2, 0) is 0 Å². The van der Waals surface area contributed by atoms with E-state index in [0.29, 0.717) is 5.02 Å². The van der Waals surface area contributed by atoms with Crippen molar-refractivity contribution in [3.8, 4) is 0 Å². The molecule has 1 fully saturated rings. The van der Waals surface area contributed by atoms with Crippen molar-refractivity contribution >= 4 is 22.6 Å². The number of aromatic amines is 1. The first-order chi connectivity index (χ1) is 7.25. The summed E-state index contributed by atoms with van der Waals surface area (Å²) in [5, 5.41) is 3.80. The van der Waals surface area contributed by atoms with Gasteiger partial charge in [0.1, 0.15) is 0 Å². The Hall–Kier alpha value is -1.26. The molecule has 15 heavy (non-hydrogen) atoms. The molecule has 1 saturated heterocycles. The molecule has 5 heteroatoms. The maximum Gasteiger partial charge on any atom is 0.326 e. The van der Waals surface area contributed by atoms with Gasteiger partial charge in [0, 0.05) is 18.1 Å². The molecule has 1 aliphatic rings. The van der Waals surface area contributed by atoms with E-state index in [-0.39, 0.29) is 11.7 Å². The van der Waals surface area contributed by atoms with Gasteiger partial charge >= 0.3 is 5.69 Å². The number of H-pyrrole nitrogens is 1. The van der Waals surface area contributed by atoms with Gasteiger partial charge in [-0.3, -0.25) is 4.57 Å². The third-order valence-electron chi connectivity index (χ3n) is 2.80. The lowest BCUT2D eigenvalue weighted by atomic mass is 10.1. The Kier molecular flexibility index (Phi) is 1.87. The van der Waals surface area contributed by atoms with Crippen LogP contribution in [0.25, 0.3) is 11.0 Å². The standard InChI is InChI=1S/C10H10ClN3O/c11-6-1-2-8-9(3-6)14(10(15)13-8)7-4-12-5-7/h1-3,7,12H,4-5H2,(H,13,15). The summed E-state index contributed by atoms with van der Waals surface area (Å²) in [4.78, 5) is 14.5. The molecular formula is C10H10ClN3O. The highest BCUT2D eigenvalue weighted by Gasteiger charge is 2.22. The van der Waals surface area contributed by atoms with E-state index in [4.69, 9.17) is 11.6 Å². The van der Waals surface area contributed by atoms with Crippen LogP contribution in [0, 0.1) is 0 Å². The van der Waals surface area contributed by atoms with Gasteiger partial charge in [-0.15, -0.1) is 0 Å². The average molecular weight is 224 g/mol. The average Bonchev–Trinajstić information content (AvgIpc) is 2.42. The van der Waals surface area contributed by atoms with Crippen molar-refractivity contribution in [1.82, 2.24) is 14.9 Å². The minimum atomic E-state index is -0.0567. The predicted molar refractivity (Wildman–Crippen MR) is 59.5 cm³/mol. The number of aromatic nitrogens is 2. The van der Waals surface area contributed by atoms with Crippen LogP contribution in [0.4, 0.5) is 0 Å². The van der Waals surface area contributed by atoms with E-state index in [1.165, 1.54) is 0 Å². The van der Waals surface area contributed by atoms with E-state index in [1.807, 2.05) is 12.1 Å². The lowest BCUT2D eigenvalue weighted by molar-refractivity contribution is 0.344. The van der Waals surface area contributed by atoms with Crippen LogP contribution in [0.5, 0.6) is 0 Å². The normalized spacial score (nSPS) is 16.9.